The summed E-state index contributed by atoms with van der Waals surface area (Å²) in [4.78, 5) is 0. The molecule has 158 valence electrons. The van der Waals surface area contributed by atoms with Crippen LogP contribution in [0.25, 0.3) is 0 Å². The van der Waals surface area contributed by atoms with Gasteiger partial charge in [0.25, 0.3) is 0 Å². The molecule has 0 aliphatic rings. The fourth-order valence-corrected chi connectivity index (χ4v) is 5.02. The minimum atomic E-state index is -3.61. The molecule has 30 heavy (non-hydrogen) atoms. The van der Waals surface area contributed by atoms with E-state index in [-0.39, 0.29) is 5.75 Å². The second-order valence-electron chi connectivity index (χ2n) is 7.57. The zero-order valence-electron chi connectivity index (χ0n) is 17.6. The Morgan fingerprint density at radius 2 is 1.23 bits per heavy atom. The highest BCUT2D eigenvalue weighted by atomic mass is 32.2. The van der Waals surface area contributed by atoms with Crippen LogP contribution in [-0.4, -0.2) is 8.42 Å². The van der Waals surface area contributed by atoms with Gasteiger partial charge in [0.2, 0.25) is 10.0 Å². The first-order chi connectivity index (χ1) is 14.4. The Balaban J connectivity index is 1.90. The fraction of sp³-hybridized carbons (Fsp3) is 0.280. The van der Waals surface area contributed by atoms with E-state index in [1.165, 1.54) is 0 Å². The summed E-state index contributed by atoms with van der Waals surface area (Å²) in [7, 11) is -3.61. The van der Waals surface area contributed by atoms with Crippen LogP contribution in [0.4, 0.5) is 0 Å². The van der Waals surface area contributed by atoms with Crippen molar-refractivity contribution in [3.63, 3.8) is 0 Å². The van der Waals surface area contributed by atoms with Gasteiger partial charge in [-0.3, -0.25) is 0 Å². The van der Waals surface area contributed by atoms with E-state index in [1.807, 2.05) is 72.8 Å². The van der Waals surface area contributed by atoms with E-state index in [9.17, 15) is 8.42 Å². The molecule has 0 fully saturated rings. The molecule has 0 radical (unpaired) electrons. The third-order valence-corrected chi connectivity index (χ3v) is 6.62. The largest absolute Gasteiger partial charge is 0.322 e. The Labute approximate surface area is 180 Å². The standard InChI is InChI=1S/C25H30N2O2S/c1-3-19-15-20(4-2)17-21(16-19)18-30(28,29)27-25(23-13-9-6-10-14-23)24(26)22-11-7-5-8-12-22/h5-17,24-25,27H,3-4,18,26H2,1-2H3. The van der Waals surface area contributed by atoms with Crippen LogP contribution >= 0.6 is 0 Å². The zero-order chi connectivity index (χ0) is 21.6. The van der Waals surface area contributed by atoms with Crippen molar-refractivity contribution in [1.82, 2.24) is 4.72 Å². The van der Waals surface area contributed by atoms with Gasteiger partial charge < -0.3 is 5.73 Å². The molecule has 0 saturated carbocycles. The summed E-state index contributed by atoms with van der Waals surface area (Å²) >= 11 is 0. The van der Waals surface area contributed by atoms with E-state index in [4.69, 9.17) is 5.73 Å². The fourth-order valence-electron chi connectivity index (χ4n) is 3.66. The van der Waals surface area contributed by atoms with E-state index in [0.29, 0.717) is 0 Å². The predicted molar refractivity (Wildman–Crippen MR) is 124 cm³/mol. The van der Waals surface area contributed by atoms with Crippen LogP contribution in [-0.2, 0) is 28.6 Å². The molecule has 2 atom stereocenters. The maximum atomic E-state index is 13.2. The van der Waals surface area contributed by atoms with Gasteiger partial charge in [-0.05, 0) is 40.7 Å². The number of rotatable bonds is 9. The molecular formula is C25H30N2O2S. The van der Waals surface area contributed by atoms with Crippen LogP contribution in [0.3, 0.4) is 0 Å². The summed E-state index contributed by atoms with van der Waals surface area (Å²) in [6.07, 6.45) is 1.75. The summed E-state index contributed by atoms with van der Waals surface area (Å²) in [5.41, 5.74) is 11.4. The van der Waals surface area contributed by atoms with Gasteiger partial charge in [-0.25, -0.2) is 13.1 Å². The molecule has 0 aliphatic carbocycles. The number of aryl methyl sites for hydroxylation is 2. The number of nitrogens with two attached hydrogens (primary N) is 1. The van der Waals surface area contributed by atoms with Crippen molar-refractivity contribution >= 4 is 10.0 Å². The Morgan fingerprint density at radius 1 is 0.767 bits per heavy atom. The Morgan fingerprint density at radius 3 is 1.73 bits per heavy atom. The van der Waals surface area contributed by atoms with Gasteiger partial charge in [-0.15, -0.1) is 0 Å². The number of hydrogen-bond acceptors (Lipinski definition) is 3. The zero-order valence-corrected chi connectivity index (χ0v) is 18.4. The van der Waals surface area contributed by atoms with Crippen molar-refractivity contribution in [3.05, 3.63) is 107 Å². The van der Waals surface area contributed by atoms with Gasteiger partial charge in [0.05, 0.1) is 17.8 Å². The smallest absolute Gasteiger partial charge is 0.216 e. The van der Waals surface area contributed by atoms with Gasteiger partial charge in [0.15, 0.2) is 0 Å². The first kappa shape index (κ1) is 22.2. The summed E-state index contributed by atoms with van der Waals surface area (Å²) in [5, 5.41) is 0. The van der Waals surface area contributed by atoms with E-state index < -0.39 is 22.1 Å². The highest BCUT2D eigenvalue weighted by Crippen LogP contribution is 2.28. The molecule has 3 N–H and O–H groups in total. The normalized spacial score (nSPS) is 13.7. The monoisotopic (exact) mass is 422 g/mol. The molecule has 0 saturated heterocycles. The van der Waals surface area contributed by atoms with Crippen molar-refractivity contribution in [2.45, 2.75) is 44.5 Å². The van der Waals surface area contributed by atoms with Crippen LogP contribution < -0.4 is 10.5 Å². The Kier molecular flexibility index (Phi) is 7.43. The van der Waals surface area contributed by atoms with E-state index in [2.05, 4.69) is 24.6 Å². The van der Waals surface area contributed by atoms with Crippen molar-refractivity contribution in [1.29, 1.82) is 0 Å². The van der Waals surface area contributed by atoms with Crippen molar-refractivity contribution < 1.29 is 8.42 Å². The summed E-state index contributed by atoms with van der Waals surface area (Å²) < 4.78 is 29.2. The number of nitrogens with one attached hydrogen (secondary N) is 1. The minimum Gasteiger partial charge on any atom is -0.322 e. The average Bonchev–Trinajstić information content (AvgIpc) is 2.77. The molecule has 0 bridgehead atoms. The highest BCUT2D eigenvalue weighted by molar-refractivity contribution is 7.88. The second-order valence-corrected chi connectivity index (χ2v) is 9.32. The van der Waals surface area contributed by atoms with Crippen LogP contribution in [0, 0.1) is 0 Å². The number of benzene rings is 3. The molecule has 0 spiro atoms. The van der Waals surface area contributed by atoms with Crippen molar-refractivity contribution in [2.75, 3.05) is 0 Å². The van der Waals surface area contributed by atoms with Crippen LogP contribution in [0.1, 0.15) is 53.7 Å². The van der Waals surface area contributed by atoms with E-state index in [0.717, 1.165) is 40.7 Å². The van der Waals surface area contributed by atoms with Crippen molar-refractivity contribution in [2.24, 2.45) is 5.73 Å². The SMILES string of the molecule is CCc1cc(CC)cc(CS(=O)(=O)NC(c2ccccc2)C(N)c2ccccc2)c1. The second kappa shape index (κ2) is 10.0. The van der Waals surface area contributed by atoms with E-state index >= 15 is 0 Å². The first-order valence-corrected chi connectivity index (χ1v) is 12.0. The lowest BCUT2D eigenvalue weighted by molar-refractivity contribution is 0.503. The van der Waals surface area contributed by atoms with Crippen LogP contribution in [0.5, 0.6) is 0 Å². The summed E-state index contributed by atoms with van der Waals surface area (Å²) in [5.74, 6) is -0.0708. The van der Waals surface area contributed by atoms with Gasteiger partial charge in [-0.2, -0.15) is 0 Å². The minimum absolute atomic E-state index is 0.0708. The quantitative estimate of drug-likeness (QED) is 0.526. The summed E-state index contributed by atoms with van der Waals surface area (Å²) in [6.45, 7) is 4.16. The summed E-state index contributed by atoms with van der Waals surface area (Å²) in [6, 6.07) is 24.1. The Hall–Kier alpha value is -2.47. The molecule has 0 aromatic heterocycles. The molecule has 5 heteroatoms. The van der Waals surface area contributed by atoms with Crippen molar-refractivity contribution in [3.8, 4) is 0 Å². The lowest BCUT2D eigenvalue weighted by Crippen LogP contribution is -2.36. The maximum absolute atomic E-state index is 13.2. The van der Waals surface area contributed by atoms with Gasteiger partial charge in [-0.1, -0.05) is 92.7 Å². The van der Waals surface area contributed by atoms with Gasteiger partial charge in [0.1, 0.15) is 0 Å². The lowest BCUT2D eigenvalue weighted by atomic mass is 9.95. The molecule has 0 heterocycles. The topological polar surface area (TPSA) is 72.2 Å². The molecule has 3 rings (SSSR count). The average molecular weight is 423 g/mol. The number of sulfonamides is 1. The molecule has 0 aliphatic heterocycles. The molecule has 0 amide bonds. The predicted octanol–water partition coefficient (Wildman–Crippen LogP) is 4.67. The van der Waals surface area contributed by atoms with Crippen LogP contribution in [0.15, 0.2) is 78.9 Å². The first-order valence-electron chi connectivity index (χ1n) is 10.4. The van der Waals surface area contributed by atoms with Gasteiger partial charge >= 0.3 is 0 Å². The maximum Gasteiger partial charge on any atom is 0.216 e. The Bertz CT molecular complexity index is 1030. The molecule has 2 unspecified atom stereocenters. The number of hydrogen-bond donors (Lipinski definition) is 2. The molecular weight excluding hydrogens is 392 g/mol. The molecule has 4 nitrogen and oxygen atoms in total. The van der Waals surface area contributed by atoms with E-state index in [1.54, 1.807) is 0 Å². The third-order valence-electron chi connectivity index (χ3n) is 5.29. The third kappa shape index (κ3) is 5.79. The molecule has 3 aromatic rings. The lowest BCUT2D eigenvalue weighted by Gasteiger charge is -2.26. The van der Waals surface area contributed by atoms with Crippen LogP contribution in [0.2, 0.25) is 0 Å². The highest BCUT2D eigenvalue weighted by Gasteiger charge is 2.26. The van der Waals surface area contributed by atoms with Gasteiger partial charge in [0, 0.05) is 0 Å². The molecule has 3 aromatic carbocycles.